The first-order valence-corrected chi connectivity index (χ1v) is 19.2. The number of benzene rings is 3. The van der Waals surface area contributed by atoms with Crippen LogP contribution in [0.4, 0.5) is 11.5 Å². The summed E-state index contributed by atoms with van der Waals surface area (Å²) < 4.78 is 6.42. The molecule has 4 aliphatic heterocycles. The highest BCUT2D eigenvalue weighted by molar-refractivity contribution is 5.97. The van der Waals surface area contributed by atoms with Crippen LogP contribution in [0.5, 0.6) is 6.01 Å². The zero-order chi connectivity index (χ0) is 37.0. The standard InChI is InChI=1S/C44H48N8O2/c1-32-12-9-15-34-16-10-19-39(41(32)34)50-25-21-37-38(30-50)46-44(54-31-36-17-11-23-48(36)2)47-42(37)51-26-27-52(35(29-51)20-22-45)43(53)40-18-7-4-8-24-49(40)28-33-13-5-3-6-14-33/h3-10,12-16,18-19,24,35-36H,11,17,20-21,23,25-31H2,1-2H3. The number of nitrogens with zero attached hydrogens (tertiary/aromatic N) is 8. The highest BCUT2D eigenvalue weighted by Crippen LogP contribution is 2.36. The maximum Gasteiger partial charge on any atom is 0.318 e. The second-order valence-electron chi connectivity index (χ2n) is 14.8. The van der Waals surface area contributed by atoms with Gasteiger partial charge in [0.1, 0.15) is 18.1 Å². The van der Waals surface area contributed by atoms with E-state index in [-0.39, 0.29) is 18.4 Å². The number of anilines is 2. The third-order valence-electron chi connectivity index (χ3n) is 11.4. The minimum absolute atomic E-state index is 0.0718. The lowest BCUT2D eigenvalue weighted by molar-refractivity contribution is -0.131. The molecule has 2 unspecified atom stereocenters. The molecule has 10 heteroatoms. The summed E-state index contributed by atoms with van der Waals surface area (Å²) in [5, 5.41) is 12.5. The molecule has 2 fully saturated rings. The van der Waals surface area contributed by atoms with E-state index in [0.717, 1.165) is 55.0 Å². The van der Waals surface area contributed by atoms with E-state index < -0.39 is 0 Å². The van der Waals surface area contributed by atoms with Crippen molar-refractivity contribution in [3.63, 3.8) is 0 Å². The Labute approximate surface area is 318 Å². The van der Waals surface area contributed by atoms with Crippen molar-refractivity contribution in [3.8, 4) is 12.1 Å². The second kappa shape index (κ2) is 15.7. The molecule has 0 radical (unpaired) electrons. The number of aryl methyl sites for hydroxylation is 1. The number of hydrogen-bond acceptors (Lipinski definition) is 9. The van der Waals surface area contributed by atoms with Gasteiger partial charge in [-0.3, -0.25) is 4.79 Å². The molecule has 8 rings (SSSR count). The number of likely N-dealkylation sites (tertiary alicyclic amines) is 1. The quantitative estimate of drug-likeness (QED) is 0.196. The van der Waals surface area contributed by atoms with E-state index in [0.29, 0.717) is 57.1 Å². The van der Waals surface area contributed by atoms with Gasteiger partial charge in [-0.1, -0.05) is 72.8 Å². The van der Waals surface area contributed by atoms with Crippen LogP contribution in [0, 0.1) is 18.3 Å². The normalized spacial score (nSPS) is 20.1. The molecule has 2 saturated heterocycles. The lowest BCUT2D eigenvalue weighted by Gasteiger charge is -2.43. The van der Waals surface area contributed by atoms with E-state index in [4.69, 9.17) is 14.7 Å². The van der Waals surface area contributed by atoms with E-state index in [9.17, 15) is 10.1 Å². The molecule has 0 N–H and O–H groups in total. The molecule has 1 aromatic heterocycles. The molecule has 0 aliphatic carbocycles. The number of aromatic nitrogens is 2. The summed E-state index contributed by atoms with van der Waals surface area (Å²) in [6, 6.07) is 26.0. The Bertz CT molecular complexity index is 2130. The predicted molar refractivity (Wildman–Crippen MR) is 213 cm³/mol. The second-order valence-corrected chi connectivity index (χ2v) is 14.8. The molecule has 54 heavy (non-hydrogen) atoms. The molecule has 4 aliphatic rings. The Balaban J connectivity index is 1.08. The van der Waals surface area contributed by atoms with Gasteiger partial charge in [0.15, 0.2) is 0 Å². The SMILES string of the molecule is Cc1cccc2cccc(N3CCc4c(nc(OCC5CCCN5C)nc4N4CCN(C(=O)C5=CC=CC=CN5Cc5ccccc5)C(CC#N)C4)C3)c12. The molecule has 3 aromatic carbocycles. The van der Waals surface area contributed by atoms with Gasteiger partial charge in [-0.05, 0) is 74.5 Å². The first-order chi connectivity index (χ1) is 26.5. The van der Waals surface area contributed by atoms with Gasteiger partial charge in [0.25, 0.3) is 5.91 Å². The van der Waals surface area contributed by atoms with Crippen molar-refractivity contribution >= 4 is 28.2 Å². The van der Waals surface area contributed by atoms with Gasteiger partial charge in [-0.25, -0.2) is 0 Å². The van der Waals surface area contributed by atoms with Crippen molar-refractivity contribution in [3.05, 3.63) is 125 Å². The molecular weight excluding hydrogens is 673 g/mol. The Kier molecular flexibility index (Phi) is 10.3. The zero-order valence-corrected chi connectivity index (χ0v) is 31.3. The highest BCUT2D eigenvalue weighted by atomic mass is 16.5. The number of nitriles is 1. The van der Waals surface area contributed by atoms with E-state index >= 15 is 0 Å². The van der Waals surface area contributed by atoms with Crippen molar-refractivity contribution < 1.29 is 9.53 Å². The number of hydrogen-bond donors (Lipinski definition) is 0. The smallest absolute Gasteiger partial charge is 0.318 e. The van der Waals surface area contributed by atoms with E-state index in [1.807, 2.05) is 58.5 Å². The van der Waals surface area contributed by atoms with Crippen molar-refractivity contribution in [2.75, 3.05) is 56.2 Å². The summed E-state index contributed by atoms with van der Waals surface area (Å²) >= 11 is 0. The molecular formula is C44H48N8O2. The molecule has 5 heterocycles. The molecule has 276 valence electrons. The number of amides is 1. The number of fused-ring (bicyclic) bond motifs is 2. The minimum Gasteiger partial charge on any atom is -0.462 e. The monoisotopic (exact) mass is 720 g/mol. The van der Waals surface area contributed by atoms with Crippen molar-refractivity contribution in [2.24, 2.45) is 0 Å². The van der Waals surface area contributed by atoms with Crippen molar-refractivity contribution in [1.29, 1.82) is 5.26 Å². The Hall–Kier alpha value is -5.66. The molecule has 2 atom stereocenters. The van der Waals surface area contributed by atoms with Gasteiger partial charge in [0, 0.05) is 61.6 Å². The van der Waals surface area contributed by atoms with Gasteiger partial charge in [-0.15, -0.1) is 0 Å². The maximum atomic E-state index is 14.4. The van der Waals surface area contributed by atoms with Crippen LogP contribution in [-0.4, -0.2) is 89.0 Å². The van der Waals surface area contributed by atoms with Crippen molar-refractivity contribution in [2.45, 2.75) is 57.8 Å². The molecule has 1 amide bonds. The van der Waals surface area contributed by atoms with E-state index in [2.05, 4.69) is 83.3 Å². The van der Waals surface area contributed by atoms with Crippen LogP contribution in [0.25, 0.3) is 10.8 Å². The fraction of sp³-hybridized carbons (Fsp3) is 0.364. The number of rotatable bonds is 9. The van der Waals surface area contributed by atoms with E-state index in [1.165, 1.54) is 22.0 Å². The fourth-order valence-electron chi connectivity index (χ4n) is 8.44. The lowest BCUT2D eigenvalue weighted by atomic mass is 9.99. The summed E-state index contributed by atoms with van der Waals surface area (Å²) in [7, 11) is 2.15. The van der Waals surface area contributed by atoms with Crippen LogP contribution >= 0.6 is 0 Å². The highest BCUT2D eigenvalue weighted by Gasteiger charge is 2.36. The number of likely N-dealkylation sites (N-methyl/N-ethyl adjacent to an activating group) is 1. The summed E-state index contributed by atoms with van der Waals surface area (Å²) in [4.78, 5) is 35.6. The van der Waals surface area contributed by atoms with Crippen molar-refractivity contribution in [1.82, 2.24) is 24.7 Å². The average Bonchev–Trinajstić information content (AvgIpc) is 3.47. The number of piperazine rings is 1. The Morgan fingerprint density at radius 3 is 2.59 bits per heavy atom. The lowest BCUT2D eigenvalue weighted by Crippen LogP contribution is -2.56. The molecule has 10 nitrogen and oxygen atoms in total. The molecule has 0 spiro atoms. The van der Waals surface area contributed by atoms with Gasteiger partial charge in [0.2, 0.25) is 0 Å². The predicted octanol–water partition coefficient (Wildman–Crippen LogP) is 6.37. The first-order valence-electron chi connectivity index (χ1n) is 19.2. The van der Waals surface area contributed by atoms with Crippen LogP contribution in [-0.2, 0) is 24.3 Å². The molecule has 0 saturated carbocycles. The molecule has 0 bridgehead atoms. The first kappa shape index (κ1) is 35.4. The summed E-state index contributed by atoms with van der Waals surface area (Å²) in [6.07, 6.45) is 12.9. The summed E-state index contributed by atoms with van der Waals surface area (Å²) in [6.45, 7) is 7.39. The van der Waals surface area contributed by atoms with Crippen LogP contribution in [0.1, 0.15) is 41.6 Å². The fourth-order valence-corrected chi connectivity index (χ4v) is 8.44. The van der Waals surface area contributed by atoms with E-state index in [1.54, 1.807) is 0 Å². The largest absolute Gasteiger partial charge is 0.462 e. The maximum absolute atomic E-state index is 14.4. The third kappa shape index (κ3) is 7.29. The van der Waals surface area contributed by atoms with Crippen LogP contribution in [0.15, 0.2) is 103 Å². The van der Waals surface area contributed by atoms with Crippen LogP contribution < -0.4 is 14.5 Å². The number of carbonyl (C=O) groups is 1. The van der Waals surface area contributed by atoms with Gasteiger partial charge < -0.3 is 29.2 Å². The minimum atomic E-state index is -0.312. The third-order valence-corrected chi connectivity index (χ3v) is 11.4. The Morgan fingerprint density at radius 1 is 0.926 bits per heavy atom. The number of allylic oxidation sites excluding steroid dienone is 4. The van der Waals surface area contributed by atoms with Crippen LogP contribution in [0.2, 0.25) is 0 Å². The van der Waals surface area contributed by atoms with Gasteiger partial charge in [-0.2, -0.15) is 15.2 Å². The summed E-state index contributed by atoms with van der Waals surface area (Å²) in [5.41, 5.74) is 6.28. The van der Waals surface area contributed by atoms with Gasteiger partial charge >= 0.3 is 6.01 Å². The molecule has 4 aromatic rings. The zero-order valence-electron chi connectivity index (χ0n) is 31.3. The number of carbonyl (C=O) groups excluding carboxylic acids is 1. The topological polar surface area (TPSA) is 92.1 Å². The average molecular weight is 721 g/mol. The Morgan fingerprint density at radius 2 is 1.78 bits per heavy atom. The number of ether oxygens (including phenoxy) is 1. The summed E-state index contributed by atoms with van der Waals surface area (Å²) in [5.74, 6) is 0.793. The van der Waals surface area contributed by atoms with Crippen LogP contribution in [0.3, 0.4) is 0 Å². The van der Waals surface area contributed by atoms with Gasteiger partial charge in [0.05, 0.1) is 30.8 Å².